The van der Waals surface area contributed by atoms with E-state index in [0.717, 1.165) is 138 Å². The van der Waals surface area contributed by atoms with E-state index in [0.29, 0.717) is 0 Å². The number of nitrogens with zero attached hydrogens (tertiary/aromatic N) is 1. The highest BCUT2D eigenvalue weighted by Gasteiger charge is 2.53. The zero-order valence-corrected chi connectivity index (χ0v) is 82.9. The summed E-state index contributed by atoms with van der Waals surface area (Å²) >= 11 is 0. The molecule has 672 valence electrons. The van der Waals surface area contributed by atoms with Crippen LogP contribution in [0.25, 0.3) is 33.4 Å². The second-order valence-electron chi connectivity index (χ2n) is 36.1. The van der Waals surface area contributed by atoms with Gasteiger partial charge in [0, 0.05) is 11.5 Å². The molecule has 0 unspecified atom stereocenters. The van der Waals surface area contributed by atoms with Gasteiger partial charge < -0.3 is 33.2 Å². The van der Waals surface area contributed by atoms with E-state index in [1.54, 1.807) is 0 Å². The number of rotatable bonds is 45. The summed E-state index contributed by atoms with van der Waals surface area (Å²) in [7, 11) is -7.90. The highest BCUT2D eigenvalue weighted by Crippen LogP contribution is 2.41. The number of fused-ring (bicyclic) bond motifs is 9. The van der Waals surface area contributed by atoms with Crippen molar-refractivity contribution < 1.29 is 33.2 Å². The summed E-state index contributed by atoms with van der Waals surface area (Å²) in [6, 6.07) is 87.3. The molecule has 15 rings (SSSR count). The van der Waals surface area contributed by atoms with Crippen molar-refractivity contribution in [3.05, 3.63) is 276 Å². The van der Waals surface area contributed by atoms with Gasteiger partial charge in [-0.3, -0.25) is 4.98 Å². The summed E-state index contributed by atoms with van der Waals surface area (Å²) in [6.07, 6.45) is 31.2. The van der Waals surface area contributed by atoms with Crippen LogP contribution < -0.4 is 95.5 Å². The molecule has 1 aromatic heterocycles. The summed E-state index contributed by atoms with van der Waals surface area (Å²) in [5.74, 6) is 6.94. The van der Waals surface area contributed by atoms with Crippen LogP contribution in [0, 0.1) is 41.5 Å². The molecular formula is C117H145NO7Si3. The van der Waals surface area contributed by atoms with Crippen molar-refractivity contribution in [1.29, 1.82) is 0 Å². The highest BCUT2D eigenvalue weighted by atomic mass is 28.3. The van der Waals surface area contributed by atoms with Gasteiger partial charge in [-0.25, -0.2) is 0 Å². The van der Waals surface area contributed by atoms with Gasteiger partial charge in [-0.05, 0) is 289 Å². The van der Waals surface area contributed by atoms with Gasteiger partial charge in [-0.2, -0.15) is 0 Å². The van der Waals surface area contributed by atoms with Crippen molar-refractivity contribution in [2.75, 3.05) is 46.2 Å². The Kier molecular flexibility index (Phi) is 34.9. The summed E-state index contributed by atoms with van der Waals surface area (Å²) in [6.45, 7) is 36.5. The largest absolute Gasteiger partial charge is 0.494 e. The van der Waals surface area contributed by atoms with Crippen LogP contribution in [-0.2, 0) is 6.42 Å². The molecule has 0 saturated carbocycles. The van der Waals surface area contributed by atoms with E-state index >= 15 is 0 Å². The SMILES string of the molecule is CCCCCOc1cc2c(cc1C)[Si](c1ccccc1)(c1ccc(CCCCC)cc1)c1cc(C)c(OCCCCC)cc1-2.CCCCCOc1cc2c(cc1C)[Si](c1ccccc1)(c1ccccn1)c1cc(C)c(OCCCCC)cc1-2.CCCCCOc1ccc([Si]2(c3ccccc3)c3cc(C)c(OCCCCC)cc3-c3cc(OCCCCC)c(C)cc32)cc1. The Balaban J connectivity index is 0.000000164. The van der Waals surface area contributed by atoms with Crippen molar-refractivity contribution >= 4 is 86.6 Å². The Morgan fingerprint density at radius 2 is 0.453 bits per heavy atom. The van der Waals surface area contributed by atoms with Crippen LogP contribution >= 0.6 is 0 Å². The normalized spacial score (nSPS) is 13.0. The van der Waals surface area contributed by atoms with Gasteiger partial charge in [0.05, 0.1) is 46.2 Å². The number of ether oxygens (including phenoxy) is 7. The van der Waals surface area contributed by atoms with Crippen LogP contribution in [-0.4, -0.2) is 75.5 Å². The lowest BCUT2D eigenvalue weighted by Gasteiger charge is -2.32. The molecule has 128 heavy (non-hydrogen) atoms. The zero-order valence-electron chi connectivity index (χ0n) is 79.9. The molecule has 8 nitrogen and oxygen atoms in total. The number of benzene rings is 11. The minimum atomic E-state index is -2.66. The predicted molar refractivity (Wildman–Crippen MR) is 552 cm³/mol. The number of aryl methyl sites for hydroxylation is 7. The van der Waals surface area contributed by atoms with Gasteiger partial charge in [0.15, 0.2) is 16.1 Å². The third kappa shape index (κ3) is 21.1. The molecule has 11 heteroatoms. The van der Waals surface area contributed by atoms with Crippen LogP contribution in [0.3, 0.4) is 0 Å². The van der Waals surface area contributed by atoms with Crippen molar-refractivity contribution in [1.82, 2.24) is 4.98 Å². The first-order valence-corrected chi connectivity index (χ1v) is 55.3. The highest BCUT2D eigenvalue weighted by molar-refractivity contribution is 7.23. The van der Waals surface area contributed by atoms with E-state index in [-0.39, 0.29) is 0 Å². The van der Waals surface area contributed by atoms with Crippen LogP contribution in [0.5, 0.6) is 40.2 Å². The molecule has 0 atom stereocenters. The molecule has 11 aromatic carbocycles. The summed E-state index contributed by atoms with van der Waals surface area (Å²) < 4.78 is 44.7. The molecule has 0 amide bonds. The second-order valence-corrected chi connectivity index (χ2v) is 47.2. The average molecular weight is 1760 g/mol. The average Bonchev–Trinajstić information content (AvgIpc) is 1.54. The lowest BCUT2D eigenvalue weighted by atomic mass is 10.0. The fourth-order valence-corrected chi connectivity index (χ4v) is 35.5. The van der Waals surface area contributed by atoms with Gasteiger partial charge in [0.1, 0.15) is 40.2 Å². The number of aromatic nitrogens is 1. The predicted octanol–water partition coefficient (Wildman–Crippen LogP) is 23.1. The van der Waals surface area contributed by atoms with Gasteiger partial charge in [-0.1, -0.05) is 328 Å². The first-order valence-electron chi connectivity index (χ1n) is 49.3. The topological polar surface area (TPSA) is 77.5 Å². The lowest BCUT2D eigenvalue weighted by molar-refractivity contribution is 0.304. The third-order valence-corrected chi connectivity index (χ3v) is 41.0. The van der Waals surface area contributed by atoms with Crippen molar-refractivity contribution in [3.63, 3.8) is 0 Å². The van der Waals surface area contributed by atoms with E-state index in [1.165, 1.54) is 244 Å². The smallest absolute Gasteiger partial charge is 0.203 e. The van der Waals surface area contributed by atoms with E-state index in [2.05, 4.69) is 321 Å². The van der Waals surface area contributed by atoms with Gasteiger partial charge in [0.25, 0.3) is 0 Å². The summed E-state index contributed by atoms with van der Waals surface area (Å²) in [5, 5.41) is 16.8. The fraction of sp³-hybridized carbons (Fsp3) is 0.393. The Labute approximate surface area is 772 Å². The molecule has 3 aliphatic heterocycles. The summed E-state index contributed by atoms with van der Waals surface area (Å²) in [5.41, 5.74) is 16.4. The quantitative estimate of drug-likeness (QED) is 0.0276. The van der Waals surface area contributed by atoms with E-state index in [1.807, 2.05) is 12.3 Å². The molecule has 0 spiro atoms. The zero-order chi connectivity index (χ0) is 89.8. The first-order chi connectivity index (χ1) is 62.7. The Morgan fingerprint density at radius 1 is 0.219 bits per heavy atom. The minimum Gasteiger partial charge on any atom is -0.494 e. The number of hydrogen-bond donors (Lipinski definition) is 0. The van der Waals surface area contributed by atoms with Gasteiger partial charge in [-0.15, -0.1) is 0 Å². The Bertz CT molecular complexity index is 5280. The monoisotopic (exact) mass is 1760 g/mol. The van der Waals surface area contributed by atoms with Crippen molar-refractivity contribution in [3.8, 4) is 73.6 Å². The van der Waals surface area contributed by atoms with Gasteiger partial charge in [0.2, 0.25) is 8.07 Å². The Morgan fingerprint density at radius 3 is 0.719 bits per heavy atom. The second kappa shape index (κ2) is 46.9. The van der Waals surface area contributed by atoms with Gasteiger partial charge >= 0.3 is 0 Å². The van der Waals surface area contributed by atoms with E-state index in [9.17, 15) is 0 Å². The van der Waals surface area contributed by atoms with E-state index in [4.69, 9.17) is 38.1 Å². The summed E-state index contributed by atoms with van der Waals surface area (Å²) in [4.78, 5) is 5.05. The number of pyridine rings is 1. The van der Waals surface area contributed by atoms with Crippen molar-refractivity contribution in [2.24, 2.45) is 0 Å². The molecule has 0 saturated heterocycles. The van der Waals surface area contributed by atoms with Crippen LogP contribution in [0.4, 0.5) is 0 Å². The van der Waals surface area contributed by atoms with E-state index < -0.39 is 24.2 Å². The maximum Gasteiger partial charge on any atom is 0.203 e. The molecule has 4 heterocycles. The Hall–Kier alpha value is -10.2. The van der Waals surface area contributed by atoms with Crippen LogP contribution in [0.15, 0.2) is 237 Å². The first kappa shape index (κ1) is 95.4. The fourth-order valence-electron chi connectivity index (χ4n) is 19.7. The third-order valence-electron chi connectivity index (χ3n) is 26.6. The lowest BCUT2D eigenvalue weighted by Crippen LogP contribution is -2.73. The molecule has 0 N–H and O–H groups in total. The molecular weight excluding hydrogens is 1620 g/mol. The van der Waals surface area contributed by atoms with Crippen LogP contribution in [0.2, 0.25) is 0 Å². The molecule has 3 aliphatic rings. The molecule has 0 fully saturated rings. The maximum absolute atomic E-state index is 6.45. The maximum atomic E-state index is 6.45. The molecule has 0 bridgehead atoms. The number of hydrogen-bond acceptors (Lipinski definition) is 8. The van der Waals surface area contributed by atoms with Crippen LogP contribution in [0.1, 0.15) is 248 Å². The molecule has 0 aliphatic carbocycles. The van der Waals surface area contributed by atoms with Crippen molar-refractivity contribution in [2.45, 2.75) is 257 Å². The molecule has 12 aromatic rings. The molecule has 0 radical (unpaired) electrons. The number of unbranched alkanes of at least 4 members (excludes halogenated alkanes) is 16. The minimum absolute atomic E-state index is 0.751. The standard InChI is InChI=1S/C41H52O3Si.C41H52O2Si.C35H41NO2Si/c1-6-9-15-24-42-33-20-22-35(23-21-33)45(34-18-13-12-14-19-34)40-27-31(4)38(43-25-16-10-7-2)29-36(40)37-30-39(32(5)28-41(37)45)44-26-17-11-8-3;1-6-9-13-18-33-21-23-35(24-22-33)44(34-19-14-12-15-20-34)40-27-31(4)38(42-25-16-10-7-2)29-36(40)37-30-39(32(5)28-41(37)44)43-26-17-11-8-3;1-5-7-14-20-37-31-24-29-30-25-32(38-21-15-8-6-2)27(4)23-34(30)39(33(29)22-26(31)3,28-16-10-9-11-17-28)35-18-12-13-19-36-35/h12-14,18-23,27-30H,6-11,15-17,24-26H2,1-5H3;12,14-15,19-24,27-30H,6-11,13,16-18,25-26H2,1-5H3;9-13,16-19,22-25H,5-8,14-15,20-21H2,1-4H3.